The third-order valence-electron chi connectivity index (χ3n) is 3.49. The highest BCUT2D eigenvalue weighted by molar-refractivity contribution is 7.86. The third kappa shape index (κ3) is 4.93. The Bertz CT molecular complexity index is 689. The number of amides is 1. The Kier molecular flexibility index (Phi) is 5.79. The Morgan fingerprint density at radius 1 is 1.25 bits per heavy atom. The Morgan fingerprint density at radius 2 is 1.92 bits per heavy atom. The maximum Gasteiger partial charge on any atom is 0.410 e. The zero-order chi connectivity index (χ0) is 17.7. The molecule has 24 heavy (non-hydrogen) atoms. The minimum Gasteiger partial charge on any atom is -0.467 e. The van der Waals surface area contributed by atoms with E-state index in [2.05, 4.69) is 4.74 Å². The molecule has 0 unspecified atom stereocenters. The Morgan fingerprint density at radius 3 is 2.50 bits per heavy atom. The van der Waals surface area contributed by atoms with Crippen molar-refractivity contribution < 1.29 is 31.7 Å². The van der Waals surface area contributed by atoms with E-state index in [-0.39, 0.29) is 19.6 Å². The second-order valence-electron chi connectivity index (χ2n) is 5.39. The van der Waals surface area contributed by atoms with Crippen LogP contribution in [0, 0.1) is 0 Å². The molecule has 0 aromatic heterocycles. The molecule has 2 atom stereocenters. The van der Waals surface area contributed by atoms with Gasteiger partial charge in [-0.1, -0.05) is 30.3 Å². The zero-order valence-electron chi connectivity index (χ0n) is 13.4. The molecule has 0 aliphatic carbocycles. The van der Waals surface area contributed by atoms with Gasteiger partial charge in [0, 0.05) is 6.42 Å². The summed E-state index contributed by atoms with van der Waals surface area (Å²) in [6, 6.07) is 8.12. The normalized spacial score (nSPS) is 20.7. The first-order chi connectivity index (χ1) is 11.3. The molecule has 1 aromatic rings. The van der Waals surface area contributed by atoms with Crippen LogP contribution in [0.25, 0.3) is 0 Å². The van der Waals surface area contributed by atoms with Crippen LogP contribution in [0.1, 0.15) is 12.0 Å². The summed E-state index contributed by atoms with van der Waals surface area (Å²) < 4.78 is 37.2. The van der Waals surface area contributed by atoms with Gasteiger partial charge in [0.1, 0.15) is 12.6 Å². The van der Waals surface area contributed by atoms with Gasteiger partial charge in [-0.05, 0) is 5.56 Å². The second kappa shape index (κ2) is 7.63. The number of esters is 1. The maximum absolute atomic E-state index is 12.3. The van der Waals surface area contributed by atoms with Crippen LogP contribution in [-0.2, 0) is 35.2 Å². The Hall–Kier alpha value is -2.13. The van der Waals surface area contributed by atoms with E-state index in [1.54, 1.807) is 12.1 Å². The number of carbonyl (C=O) groups is 2. The largest absolute Gasteiger partial charge is 0.467 e. The molecule has 0 spiro atoms. The van der Waals surface area contributed by atoms with Crippen LogP contribution in [0.15, 0.2) is 30.3 Å². The first kappa shape index (κ1) is 18.2. The van der Waals surface area contributed by atoms with E-state index in [0.717, 1.165) is 16.7 Å². The fraction of sp³-hybridized carbons (Fsp3) is 0.467. The number of rotatable bonds is 5. The molecule has 1 fully saturated rings. The third-order valence-corrected chi connectivity index (χ3v) is 4.11. The van der Waals surface area contributed by atoms with Crippen molar-refractivity contribution in [2.24, 2.45) is 0 Å². The molecular weight excluding hydrogens is 338 g/mol. The van der Waals surface area contributed by atoms with Crippen molar-refractivity contribution >= 4 is 22.2 Å². The molecule has 1 saturated heterocycles. The van der Waals surface area contributed by atoms with Gasteiger partial charge in [0.05, 0.1) is 26.0 Å². The fourth-order valence-corrected chi connectivity index (χ4v) is 3.11. The van der Waals surface area contributed by atoms with Crippen molar-refractivity contribution in [2.75, 3.05) is 19.9 Å². The SMILES string of the molecule is COC(=O)[C@H]1C[C@@H](OS(C)(=O)=O)CN1C(=O)OCc1ccccc1. The first-order valence-electron chi connectivity index (χ1n) is 7.23. The quantitative estimate of drug-likeness (QED) is 0.570. The predicted octanol–water partition coefficient (Wildman–Crippen LogP) is 0.915. The van der Waals surface area contributed by atoms with Gasteiger partial charge >= 0.3 is 12.1 Å². The van der Waals surface area contributed by atoms with Crippen molar-refractivity contribution in [3.8, 4) is 0 Å². The van der Waals surface area contributed by atoms with Crippen molar-refractivity contribution in [2.45, 2.75) is 25.2 Å². The standard InChI is InChI=1S/C15H19NO7S/c1-21-14(17)13-8-12(23-24(2,19)20)9-16(13)15(18)22-10-11-6-4-3-5-7-11/h3-7,12-13H,8-10H2,1-2H3/t12-,13-/m1/s1. The molecule has 8 nitrogen and oxygen atoms in total. The van der Waals surface area contributed by atoms with E-state index >= 15 is 0 Å². The van der Waals surface area contributed by atoms with Crippen LogP contribution in [0.3, 0.4) is 0 Å². The van der Waals surface area contributed by atoms with E-state index in [0.29, 0.717) is 0 Å². The summed E-state index contributed by atoms with van der Waals surface area (Å²) in [7, 11) is -2.50. The van der Waals surface area contributed by atoms with Gasteiger partial charge < -0.3 is 9.47 Å². The summed E-state index contributed by atoms with van der Waals surface area (Å²) in [5.41, 5.74) is 0.795. The molecular formula is C15H19NO7S. The predicted molar refractivity (Wildman–Crippen MR) is 83.5 cm³/mol. The molecule has 1 aromatic carbocycles. The lowest BCUT2D eigenvalue weighted by molar-refractivity contribution is -0.145. The van der Waals surface area contributed by atoms with Crippen molar-refractivity contribution in [1.29, 1.82) is 0 Å². The van der Waals surface area contributed by atoms with Gasteiger partial charge in [0.15, 0.2) is 0 Å². The molecule has 0 radical (unpaired) electrons. The van der Waals surface area contributed by atoms with E-state index in [1.807, 2.05) is 18.2 Å². The van der Waals surface area contributed by atoms with Crippen LogP contribution >= 0.6 is 0 Å². The van der Waals surface area contributed by atoms with Gasteiger partial charge in [0.25, 0.3) is 10.1 Å². The van der Waals surface area contributed by atoms with Crippen molar-refractivity contribution in [3.63, 3.8) is 0 Å². The van der Waals surface area contributed by atoms with Crippen LogP contribution in [-0.4, -0.2) is 57.4 Å². The van der Waals surface area contributed by atoms with E-state index < -0.39 is 34.3 Å². The first-order valence-corrected chi connectivity index (χ1v) is 9.05. The van der Waals surface area contributed by atoms with Gasteiger partial charge in [0.2, 0.25) is 0 Å². The Balaban J connectivity index is 2.03. The fourth-order valence-electron chi connectivity index (χ4n) is 2.48. The number of ether oxygens (including phenoxy) is 2. The van der Waals surface area contributed by atoms with Crippen LogP contribution in [0.5, 0.6) is 0 Å². The summed E-state index contributed by atoms with van der Waals surface area (Å²) in [6.45, 7) is -0.0257. The van der Waals surface area contributed by atoms with Crippen molar-refractivity contribution in [3.05, 3.63) is 35.9 Å². The van der Waals surface area contributed by atoms with Crippen LogP contribution in [0.2, 0.25) is 0 Å². The number of nitrogens with zero attached hydrogens (tertiary/aromatic N) is 1. The summed E-state index contributed by atoms with van der Waals surface area (Å²) in [5, 5.41) is 0. The molecule has 2 rings (SSSR count). The number of likely N-dealkylation sites (tertiary alicyclic amines) is 1. The molecule has 132 valence electrons. The van der Waals surface area contributed by atoms with E-state index in [1.165, 1.54) is 7.11 Å². The van der Waals surface area contributed by atoms with Crippen molar-refractivity contribution in [1.82, 2.24) is 4.90 Å². The monoisotopic (exact) mass is 357 g/mol. The molecule has 0 N–H and O–H groups in total. The highest BCUT2D eigenvalue weighted by atomic mass is 32.2. The number of methoxy groups -OCH3 is 1. The Labute approximate surface area is 140 Å². The molecule has 1 aliphatic heterocycles. The lowest BCUT2D eigenvalue weighted by Gasteiger charge is -2.21. The van der Waals surface area contributed by atoms with Crippen LogP contribution < -0.4 is 0 Å². The summed E-state index contributed by atoms with van der Waals surface area (Å²) in [6.07, 6.45) is -0.598. The molecule has 1 aliphatic rings. The highest BCUT2D eigenvalue weighted by Crippen LogP contribution is 2.24. The molecule has 1 amide bonds. The summed E-state index contributed by atoms with van der Waals surface area (Å²) in [5.74, 6) is -0.647. The topological polar surface area (TPSA) is 99.2 Å². The summed E-state index contributed by atoms with van der Waals surface area (Å²) in [4.78, 5) is 25.2. The highest BCUT2D eigenvalue weighted by Gasteiger charge is 2.43. The number of hydrogen-bond donors (Lipinski definition) is 0. The average Bonchev–Trinajstić information content (AvgIpc) is 2.94. The van der Waals surface area contributed by atoms with E-state index in [4.69, 9.17) is 8.92 Å². The van der Waals surface area contributed by atoms with Crippen LogP contribution in [0.4, 0.5) is 4.79 Å². The molecule has 1 heterocycles. The average molecular weight is 357 g/mol. The molecule has 9 heteroatoms. The molecule has 0 saturated carbocycles. The lowest BCUT2D eigenvalue weighted by atomic mass is 10.2. The lowest BCUT2D eigenvalue weighted by Crippen LogP contribution is -2.41. The van der Waals surface area contributed by atoms with Gasteiger partial charge in [-0.3, -0.25) is 9.08 Å². The summed E-state index contributed by atoms with van der Waals surface area (Å²) >= 11 is 0. The number of hydrogen-bond acceptors (Lipinski definition) is 7. The van der Waals surface area contributed by atoms with Gasteiger partial charge in [-0.15, -0.1) is 0 Å². The second-order valence-corrected chi connectivity index (χ2v) is 6.99. The zero-order valence-corrected chi connectivity index (χ0v) is 14.2. The number of carbonyl (C=O) groups excluding carboxylic acids is 2. The van der Waals surface area contributed by atoms with Gasteiger partial charge in [-0.2, -0.15) is 8.42 Å². The molecule has 0 bridgehead atoms. The minimum atomic E-state index is -3.70. The van der Waals surface area contributed by atoms with E-state index in [9.17, 15) is 18.0 Å². The van der Waals surface area contributed by atoms with Gasteiger partial charge in [-0.25, -0.2) is 9.59 Å². The smallest absolute Gasteiger partial charge is 0.410 e. The number of benzene rings is 1. The minimum absolute atomic E-state index is 0.0280. The maximum atomic E-state index is 12.3.